The molecule has 0 saturated carbocycles. The van der Waals surface area contributed by atoms with Gasteiger partial charge in [-0.1, -0.05) is 17.7 Å². The van der Waals surface area contributed by atoms with Crippen molar-refractivity contribution in [2.75, 3.05) is 5.32 Å². The van der Waals surface area contributed by atoms with Crippen LogP contribution in [0.15, 0.2) is 36.7 Å². The molecule has 98 valence electrons. The van der Waals surface area contributed by atoms with E-state index in [4.69, 9.17) is 11.6 Å². The highest BCUT2D eigenvalue weighted by atomic mass is 35.5. The molecule has 0 spiro atoms. The van der Waals surface area contributed by atoms with Crippen LogP contribution in [0.2, 0.25) is 5.02 Å². The Hall–Kier alpha value is -2.07. The maximum absolute atomic E-state index is 11.8. The van der Waals surface area contributed by atoms with E-state index in [9.17, 15) is 4.79 Å². The van der Waals surface area contributed by atoms with Gasteiger partial charge in [0.05, 0.1) is 6.20 Å². The van der Waals surface area contributed by atoms with Crippen molar-refractivity contribution in [3.8, 4) is 0 Å². The molecule has 2 rings (SSSR count). The predicted molar refractivity (Wildman–Crippen MR) is 77.1 cm³/mol. The monoisotopic (exact) mass is 275 g/mol. The molecule has 0 bridgehead atoms. The second kappa shape index (κ2) is 5.71. The Balaban J connectivity index is 2.05. The minimum Gasteiger partial charge on any atom is -0.322 e. The van der Waals surface area contributed by atoms with Crippen LogP contribution < -0.4 is 5.32 Å². The van der Waals surface area contributed by atoms with Crippen molar-refractivity contribution in [2.45, 2.75) is 6.92 Å². The molecule has 0 aliphatic heterocycles. The SMILES string of the molecule is Cc1ccc(Cl)cc1NC(=O)/C=C/c1cnn(C)c1. The van der Waals surface area contributed by atoms with Gasteiger partial charge < -0.3 is 5.32 Å². The van der Waals surface area contributed by atoms with Crippen LogP contribution in [0, 0.1) is 6.92 Å². The normalized spacial score (nSPS) is 10.9. The van der Waals surface area contributed by atoms with Gasteiger partial charge in [0.2, 0.25) is 5.91 Å². The molecule has 0 saturated heterocycles. The van der Waals surface area contributed by atoms with Crippen LogP contribution in [-0.2, 0) is 11.8 Å². The van der Waals surface area contributed by atoms with E-state index in [-0.39, 0.29) is 5.91 Å². The number of amides is 1. The number of hydrogen-bond acceptors (Lipinski definition) is 2. The Bertz CT molecular complexity index is 631. The summed E-state index contributed by atoms with van der Waals surface area (Å²) < 4.78 is 1.68. The summed E-state index contributed by atoms with van der Waals surface area (Å²) in [6.45, 7) is 1.91. The smallest absolute Gasteiger partial charge is 0.248 e. The van der Waals surface area contributed by atoms with E-state index in [1.165, 1.54) is 6.08 Å². The van der Waals surface area contributed by atoms with E-state index in [1.54, 1.807) is 29.1 Å². The molecule has 0 radical (unpaired) electrons. The Morgan fingerprint density at radius 2 is 2.26 bits per heavy atom. The summed E-state index contributed by atoms with van der Waals surface area (Å²) >= 11 is 5.90. The topological polar surface area (TPSA) is 46.9 Å². The molecule has 4 nitrogen and oxygen atoms in total. The third-order valence-corrected chi connectivity index (χ3v) is 2.84. The summed E-state index contributed by atoms with van der Waals surface area (Å²) in [7, 11) is 1.83. The van der Waals surface area contributed by atoms with Crippen LogP contribution in [0.1, 0.15) is 11.1 Å². The lowest BCUT2D eigenvalue weighted by molar-refractivity contribution is -0.111. The fourth-order valence-corrected chi connectivity index (χ4v) is 1.77. The molecule has 5 heteroatoms. The summed E-state index contributed by atoms with van der Waals surface area (Å²) in [5.41, 5.74) is 2.56. The fourth-order valence-electron chi connectivity index (χ4n) is 1.60. The first-order valence-corrected chi connectivity index (χ1v) is 6.16. The highest BCUT2D eigenvalue weighted by Crippen LogP contribution is 2.20. The average Bonchev–Trinajstić information content (AvgIpc) is 2.77. The number of carbonyl (C=O) groups excluding carboxylic acids is 1. The van der Waals surface area contributed by atoms with Gasteiger partial charge in [-0.25, -0.2) is 0 Å². The molecule has 1 aromatic carbocycles. The zero-order valence-corrected chi connectivity index (χ0v) is 11.5. The second-order valence-electron chi connectivity index (χ2n) is 4.23. The molecule has 0 aliphatic carbocycles. The standard InChI is InChI=1S/C14H14ClN3O/c1-10-3-5-12(15)7-13(10)17-14(19)6-4-11-8-16-18(2)9-11/h3-9H,1-2H3,(H,17,19)/b6-4+. The largest absolute Gasteiger partial charge is 0.322 e. The van der Waals surface area contributed by atoms with Crippen LogP contribution in [0.4, 0.5) is 5.69 Å². The molecule has 0 atom stereocenters. The van der Waals surface area contributed by atoms with Crippen LogP contribution in [-0.4, -0.2) is 15.7 Å². The van der Waals surface area contributed by atoms with Gasteiger partial charge in [0.25, 0.3) is 0 Å². The van der Waals surface area contributed by atoms with Crippen molar-refractivity contribution in [1.82, 2.24) is 9.78 Å². The fraction of sp³-hybridized carbons (Fsp3) is 0.143. The summed E-state index contributed by atoms with van der Waals surface area (Å²) in [5, 5.41) is 7.41. The Morgan fingerprint density at radius 3 is 2.95 bits per heavy atom. The van der Waals surface area contributed by atoms with Gasteiger partial charge >= 0.3 is 0 Å². The van der Waals surface area contributed by atoms with E-state index in [0.29, 0.717) is 10.7 Å². The Kier molecular flexibility index (Phi) is 4.02. The maximum atomic E-state index is 11.8. The maximum Gasteiger partial charge on any atom is 0.248 e. The highest BCUT2D eigenvalue weighted by Gasteiger charge is 2.02. The molecule has 1 heterocycles. The summed E-state index contributed by atoms with van der Waals surface area (Å²) in [6, 6.07) is 5.38. The first kappa shape index (κ1) is 13.4. The van der Waals surface area contributed by atoms with Gasteiger partial charge in [0.1, 0.15) is 0 Å². The Labute approximate surface area is 116 Å². The highest BCUT2D eigenvalue weighted by molar-refractivity contribution is 6.31. The van der Waals surface area contributed by atoms with E-state index >= 15 is 0 Å². The second-order valence-corrected chi connectivity index (χ2v) is 4.67. The van der Waals surface area contributed by atoms with Crippen LogP contribution in [0.5, 0.6) is 0 Å². The van der Waals surface area contributed by atoms with Gasteiger partial charge in [-0.05, 0) is 30.7 Å². The quantitative estimate of drug-likeness (QED) is 0.875. The number of nitrogens with zero attached hydrogens (tertiary/aromatic N) is 2. The van der Waals surface area contributed by atoms with Gasteiger partial charge in [0, 0.05) is 35.6 Å². The van der Waals surface area contributed by atoms with E-state index in [1.807, 2.05) is 26.2 Å². The number of benzene rings is 1. The van der Waals surface area contributed by atoms with Gasteiger partial charge in [-0.3, -0.25) is 9.48 Å². The van der Waals surface area contributed by atoms with Crippen LogP contribution in [0.25, 0.3) is 6.08 Å². The lowest BCUT2D eigenvalue weighted by Crippen LogP contribution is -2.08. The summed E-state index contributed by atoms with van der Waals surface area (Å²) in [5.74, 6) is -0.200. The van der Waals surface area contributed by atoms with Crippen molar-refractivity contribution in [3.63, 3.8) is 0 Å². The van der Waals surface area contributed by atoms with Crippen molar-refractivity contribution in [2.24, 2.45) is 7.05 Å². The zero-order valence-electron chi connectivity index (χ0n) is 10.7. The number of aryl methyl sites for hydroxylation is 2. The first-order chi connectivity index (χ1) is 9.04. The van der Waals surface area contributed by atoms with Crippen LogP contribution in [0.3, 0.4) is 0 Å². The molecule has 0 fully saturated rings. The van der Waals surface area contributed by atoms with Crippen molar-refractivity contribution >= 4 is 29.3 Å². The van der Waals surface area contributed by atoms with E-state index < -0.39 is 0 Å². The summed E-state index contributed by atoms with van der Waals surface area (Å²) in [4.78, 5) is 11.8. The number of aromatic nitrogens is 2. The van der Waals surface area contributed by atoms with E-state index in [2.05, 4.69) is 10.4 Å². The first-order valence-electron chi connectivity index (χ1n) is 5.78. The lowest BCUT2D eigenvalue weighted by atomic mass is 10.2. The predicted octanol–water partition coefficient (Wildman–Crippen LogP) is 3.03. The Morgan fingerprint density at radius 1 is 1.47 bits per heavy atom. The number of carbonyl (C=O) groups is 1. The molecule has 2 aromatic rings. The van der Waals surface area contributed by atoms with Crippen molar-refractivity contribution in [3.05, 3.63) is 52.8 Å². The lowest BCUT2D eigenvalue weighted by Gasteiger charge is -2.06. The van der Waals surface area contributed by atoms with Crippen LogP contribution >= 0.6 is 11.6 Å². The van der Waals surface area contributed by atoms with Crippen molar-refractivity contribution in [1.29, 1.82) is 0 Å². The zero-order chi connectivity index (χ0) is 13.8. The molecule has 1 aromatic heterocycles. The average molecular weight is 276 g/mol. The number of nitrogens with one attached hydrogen (secondary N) is 1. The third-order valence-electron chi connectivity index (χ3n) is 2.61. The number of anilines is 1. The molecular formula is C14H14ClN3O. The number of rotatable bonds is 3. The molecule has 0 aliphatic rings. The molecule has 19 heavy (non-hydrogen) atoms. The molecule has 1 N–H and O–H groups in total. The number of hydrogen-bond donors (Lipinski definition) is 1. The van der Waals surface area contributed by atoms with Gasteiger partial charge in [0.15, 0.2) is 0 Å². The minimum atomic E-state index is -0.200. The molecule has 1 amide bonds. The minimum absolute atomic E-state index is 0.200. The van der Waals surface area contributed by atoms with Gasteiger partial charge in [-0.2, -0.15) is 5.10 Å². The molecule has 0 unspecified atom stereocenters. The van der Waals surface area contributed by atoms with Gasteiger partial charge in [-0.15, -0.1) is 0 Å². The third kappa shape index (κ3) is 3.69. The van der Waals surface area contributed by atoms with Crippen molar-refractivity contribution < 1.29 is 4.79 Å². The molecular weight excluding hydrogens is 262 g/mol. The number of halogens is 1. The van der Waals surface area contributed by atoms with E-state index in [0.717, 1.165) is 11.1 Å². The summed E-state index contributed by atoms with van der Waals surface area (Å²) in [6.07, 6.45) is 6.70.